The third kappa shape index (κ3) is 318. The Morgan fingerprint density at radius 3 is 0.163 bits per heavy atom. The predicted molar refractivity (Wildman–Crippen MR) is 275 cm³/mol. The molecule has 0 aromatic heterocycles. The Hall–Kier alpha value is 77.9. The summed E-state index contributed by atoms with van der Waals surface area (Å²) in [6.07, 6.45) is 0. The molecular formula is H8K47NU. The molecule has 0 aliphatic heterocycles. The monoisotopic (exact) mass is 2090 g/mol. The summed E-state index contributed by atoms with van der Waals surface area (Å²) in [6.45, 7) is 0. The molecule has 0 aliphatic carbocycles. The van der Waals surface area contributed by atoms with Crippen molar-refractivity contribution in [3.05, 3.63) is 0 Å². The molecule has 0 aromatic rings. The first-order chi connectivity index (χ1) is 24.0. The summed E-state index contributed by atoms with van der Waals surface area (Å²) >= 11 is 57.5. The second-order valence-electron chi connectivity index (χ2n) is 0. The second kappa shape index (κ2) is 324. The SMILES string of the molecule is N.[2HH].[2H][2H].[H-].[K+].[K][K].[K][K].[K][K].[K][K].[K][K].[K][K].[K][K].[K][K].[K][K].[K][K].[K][K].[K][K].[K][K].[K][K].[K][K].[K][K].[K][K].[K][K].[K][K].[K][K].[K][K].[K][K].[K][K].[U]. The molecule has 0 fully saturated rings. The smallest absolute Gasteiger partial charge is 0 e. The fraction of sp³-hybridized carbons (Fsp3) is 0. The Morgan fingerprint density at radius 1 is 0.163 bits per heavy atom. The van der Waals surface area contributed by atoms with E-state index in [4.69, 9.17) is 2.97 Å². The predicted octanol–water partition coefficient (Wildman–Crippen LogP) is -19.7. The minimum absolute atomic E-state index is 0. The van der Waals surface area contributed by atoms with Crippen LogP contribution in [-0.4, -0.2) is 1450 Å². The van der Waals surface area contributed by atoms with Gasteiger partial charge >= 0.3 is 1500 Å². The van der Waals surface area contributed by atoms with Gasteiger partial charge in [0.15, 0.2) is 0 Å². The van der Waals surface area contributed by atoms with E-state index in [0.29, 0.717) is 0 Å². The molecule has 49 heteroatoms. The van der Waals surface area contributed by atoms with Gasteiger partial charge in [-0.15, -0.1) is 0 Å². The standard InChI is InChI=1S/47K.H3N.U.2H2.H/h;;;;;;;;;;;;;;;;;;;;;;;;;;;;;;;;;;;;;;;;;;;;;;;1H3;;2*1H;/q;;;;;;;;;;;;;;;;;;;;;;;;;;;;;;;;;;;;;;;;;;;;;;+1;;;;;-1/i;;;;;;;;;;;;;;;;;;;;;;;;;;;;;;;;;;;;;;;;;;;;;;;;;1+1D;1+1;. The molecule has 1 nitrogen and oxygen atoms in total. The van der Waals surface area contributed by atoms with Crippen molar-refractivity contribution < 1.29 is 88.3 Å². The largest absolute Gasteiger partial charge is 0 e. The summed E-state index contributed by atoms with van der Waals surface area (Å²) in [6, 6.07) is 0. The van der Waals surface area contributed by atoms with Gasteiger partial charge in [0.05, 0.1) is 0 Å². The van der Waals surface area contributed by atoms with E-state index in [0.717, 1.165) is 0 Å². The summed E-state index contributed by atoms with van der Waals surface area (Å²) < 4.78 is 10.0. The van der Waals surface area contributed by atoms with Crippen LogP contribution in [0.1, 0.15) is 5.82 Å². The first-order valence-electron chi connectivity index (χ1n) is 24.0. The molecule has 0 spiro atoms. The van der Waals surface area contributed by atoms with E-state index in [1.807, 2.05) is 0 Å². The van der Waals surface area contributed by atoms with Crippen molar-refractivity contribution in [2.75, 3.05) is 0 Å². The normalized spacial score (nSPS) is 3.92. The quantitative estimate of drug-likeness (QED) is 0.241. The molecule has 0 saturated carbocycles. The summed E-state index contributed by atoms with van der Waals surface area (Å²) in [4.78, 5) is 0. The Labute approximate surface area is 1430 Å². The van der Waals surface area contributed by atoms with Gasteiger partial charge in [-0.3, -0.25) is 0 Å². The van der Waals surface area contributed by atoms with E-state index in [-0.39, 0.29) is 91.5 Å². The number of hydrogen-bond acceptors (Lipinski definition) is 1. The van der Waals surface area contributed by atoms with Crippen molar-refractivity contribution in [2.24, 2.45) is 0 Å². The summed E-state index contributed by atoms with van der Waals surface area (Å²) in [5.74, 6) is 0. The molecular weight excluding hydrogens is 2090 g/mol. The molecule has 0 unspecified atom stereocenters. The van der Waals surface area contributed by atoms with Crippen LogP contribution in [0.25, 0.3) is 0 Å². The van der Waals surface area contributed by atoms with Gasteiger partial charge in [-0.05, 0) is 0 Å². The molecule has 0 rings (SSSR count). The van der Waals surface area contributed by atoms with E-state index in [9.17, 15) is 0 Å². The zero-order chi connectivity index (χ0) is 48.0. The van der Waals surface area contributed by atoms with Crippen LogP contribution in [0.15, 0.2) is 0 Å². The second-order valence-corrected chi connectivity index (χ2v) is 0. The van der Waals surface area contributed by atoms with Gasteiger partial charge in [0, 0.05) is 35.5 Å². The maximum atomic E-state index is 5.00. The molecule has 0 atom stereocenters. The summed E-state index contributed by atoms with van der Waals surface area (Å²) in [7, 11) is 0. The van der Waals surface area contributed by atoms with Crippen molar-refractivity contribution >= 4 is 1450 Å². The zero-order valence-electron chi connectivity index (χ0n) is 51.2. The topological polar surface area (TPSA) is 35.0 Å². The van der Waals surface area contributed by atoms with Crippen LogP contribution >= 0.6 is 0 Å². The first kappa shape index (κ1) is 194. The molecule has 49 heavy (non-hydrogen) atoms. The molecule has 0 aromatic carbocycles. The zero-order valence-corrected chi connectivity index (χ0v) is 199. The third-order valence-corrected chi connectivity index (χ3v) is 0. The van der Waals surface area contributed by atoms with Crippen LogP contribution in [-0.2, 0) is 0 Å². The van der Waals surface area contributed by atoms with Gasteiger partial charge < -0.3 is 7.58 Å². The van der Waals surface area contributed by atoms with Gasteiger partial charge in [-0.2, -0.15) is 0 Å². The van der Waals surface area contributed by atoms with E-state index in [1.54, 1.807) is 0 Å². The van der Waals surface area contributed by atoms with Crippen molar-refractivity contribution in [3.63, 3.8) is 0 Å². The molecule has 0 amide bonds. The molecule has 0 aliphatic rings. The minimum atomic E-state index is 0. The van der Waals surface area contributed by atoms with E-state index in [2.05, 4.69) is 0 Å². The van der Waals surface area contributed by atoms with Crippen LogP contribution in [0, 0.1) is 31.1 Å². The minimum Gasteiger partial charge on any atom is 0 e. The van der Waals surface area contributed by atoms with Crippen molar-refractivity contribution in [2.45, 2.75) is 0 Å². The van der Waals surface area contributed by atoms with Crippen molar-refractivity contribution in [1.82, 2.24) is 6.15 Å². The third-order valence-electron chi connectivity index (χ3n) is 0. The van der Waals surface area contributed by atoms with Crippen LogP contribution < -0.4 is 57.5 Å². The molecule has 0 bridgehead atoms. The van der Waals surface area contributed by atoms with Gasteiger partial charge in [-0.25, -0.2) is 0 Å². The molecule has 0 saturated heterocycles. The summed E-state index contributed by atoms with van der Waals surface area (Å²) in [5, 5.41) is 0. The van der Waals surface area contributed by atoms with Crippen LogP contribution in [0.5, 0.6) is 0 Å². The van der Waals surface area contributed by atoms with Crippen LogP contribution in [0.3, 0.4) is 0 Å². The van der Waals surface area contributed by atoms with Gasteiger partial charge in [0.1, 0.15) is 0 Å². The van der Waals surface area contributed by atoms with Gasteiger partial charge in [-0.1, -0.05) is 0 Å². The molecule has 0 heterocycles. The average molecular weight is 2100 g/mol. The molecule has 3 N–H and O–H groups in total. The number of hydrogen-bond donors (Lipinski definition) is 1. The van der Waals surface area contributed by atoms with E-state index < -0.39 is 0 Å². The maximum Gasteiger partial charge on any atom is 0 e. The van der Waals surface area contributed by atoms with Gasteiger partial charge in [0.2, 0.25) is 0 Å². The Morgan fingerprint density at radius 2 is 0.163 bits per heavy atom. The van der Waals surface area contributed by atoms with Crippen molar-refractivity contribution in [3.8, 4) is 0 Å². The molecule has 0 radical (unpaired) electrons. The average Bonchev–Trinajstić information content (AvgIpc) is 3.34. The van der Waals surface area contributed by atoms with Crippen molar-refractivity contribution in [1.29, 1.82) is 0 Å². The number of rotatable bonds is 0. The fourth-order valence-corrected chi connectivity index (χ4v) is 0. The van der Waals surface area contributed by atoms with Gasteiger partial charge in [0.25, 0.3) is 0 Å². The van der Waals surface area contributed by atoms with E-state index in [1.165, 1.54) is 1450 Å². The first-order valence-corrected chi connectivity index (χ1v) is 391. The molecule has 64 valence electrons. The summed E-state index contributed by atoms with van der Waals surface area (Å²) in [5.41, 5.74) is 0. The Kier molecular flexibility index (Phi) is 1280. The maximum absolute atomic E-state index is 5.00. The fourth-order valence-electron chi connectivity index (χ4n) is 0. The Bertz CT molecular complexity index is 34.5. The van der Waals surface area contributed by atoms with E-state index >= 15 is 0 Å². The van der Waals surface area contributed by atoms with Crippen LogP contribution in [0.4, 0.5) is 0 Å². The Balaban J connectivity index is -0.00000000418. The van der Waals surface area contributed by atoms with Crippen LogP contribution in [0.2, 0.25) is 0 Å².